The van der Waals surface area contributed by atoms with Crippen LogP contribution in [0, 0.1) is 23.7 Å². The number of hydrogen-bond acceptors (Lipinski definition) is 1. The molecule has 0 bridgehead atoms. The van der Waals surface area contributed by atoms with Crippen molar-refractivity contribution >= 4 is 0 Å². The molecule has 1 nitrogen and oxygen atoms in total. The first kappa shape index (κ1) is 20.9. The van der Waals surface area contributed by atoms with Crippen molar-refractivity contribution in [2.75, 3.05) is 0 Å². The van der Waals surface area contributed by atoms with Gasteiger partial charge in [0.25, 0.3) is 0 Å². The van der Waals surface area contributed by atoms with E-state index >= 15 is 0 Å². The molecule has 2 saturated carbocycles. The predicted octanol–water partition coefficient (Wildman–Crippen LogP) is 7.94. The summed E-state index contributed by atoms with van der Waals surface area (Å²) in [4.78, 5) is 4.81. The summed E-state index contributed by atoms with van der Waals surface area (Å²) in [6.45, 7) is 7.00. The highest BCUT2D eigenvalue weighted by molar-refractivity contribution is 5.17. The van der Waals surface area contributed by atoms with E-state index in [0.717, 1.165) is 30.1 Å². The second-order valence-corrected chi connectivity index (χ2v) is 9.73. The number of aryl methyl sites for hydroxylation is 1. The standard InChI is InChI=1S/C26H43N/c1-4-6-8-21-9-12-24(13-10-21)25-16-14-23(15-17-25)20(3)26-18-11-22(7-5-2)19-27-26/h11,18-21,23-25H,4-10,12-17H2,1-3H3. The van der Waals surface area contributed by atoms with Crippen LogP contribution in [0.3, 0.4) is 0 Å². The average Bonchev–Trinajstić information content (AvgIpc) is 2.73. The summed E-state index contributed by atoms with van der Waals surface area (Å²) in [6.07, 6.45) is 20.7. The van der Waals surface area contributed by atoms with E-state index in [2.05, 4.69) is 39.1 Å². The van der Waals surface area contributed by atoms with Crippen LogP contribution < -0.4 is 0 Å². The average molecular weight is 370 g/mol. The minimum atomic E-state index is 0.631. The third kappa shape index (κ3) is 5.81. The number of hydrogen-bond donors (Lipinski definition) is 0. The summed E-state index contributed by atoms with van der Waals surface area (Å²) >= 11 is 0. The van der Waals surface area contributed by atoms with Crippen molar-refractivity contribution in [3.63, 3.8) is 0 Å². The van der Waals surface area contributed by atoms with Gasteiger partial charge in [0.05, 0.1) is 0 Å². The van der Waals surface area contributed by atoms with Gasteiger partial charge < -0.3 is 0 Å². The van der Waals surface area contributed by atoms with E-state index in [1.165, 1.54) is 88.3 Å². The lowest BCUT2D eigenvalue weighted by Gasteiger charge is -2.39. The molecular weight excluding hydrogens is 326 g/mol. The van der Waals surface area contributed by atoms with Crippen molar-refractivity contribution in [2.24, 2.45) is 23.7 Å². The second-order valence-electron chi connectivity index (χ2n) is 9.73. The second kappa shape index (κ2) is 10.6. The highest BCUT2D eigenvalue weighted by Gasteiger charge is 2.32. The first-order valence-corrected chi connectivity index (χ1v) is 12.2. The molecule has 1 atom stereocenters. The van der Waals surface area contributed by atoms with Gasteiger partial charge in [-0.2, -0.15) is 0 Å². The largest absolute Gasteiger partial charge is 0.261 e. The zero-order chi connectivity index (χ0) is 19.1. The molecule has 27 heavy (non-hydrogen) atoms. The van der Waals surface area contributed by atoms with Gasteiger partial charge in [-0.05, 0) is 80.2 Å². The molecule has 1 unspecified atom stereocenters. The molecule has 1 heterocycles. The molecule has 1 aromatic rings. The highest BCUT2D eigenvalue weighted by atomic mass is 14.7. The quantitative estimate of drug-likeness (QED) is 0.453. The fourth-order valence-electron chi connectivity index (χ4n) is 5.94. The van der Waals surface area contributed by atoms with Crippen LogP contribution in [0.1, 0.15) is 115 Å². The molecule has 0 spiro atoms. The van der Waals surface area contributed by atoms with Gasteiger partial charge in [0, 0.05) is 17.8 Å². The Bertz CT molecular complexity index is 518. The van der Waals surface area contributed by atoms with Crippen molar-refractivity contribution in [2.45, 2.75) is 110 Å². The number of nitrogens with zero attached hydrogens (tertiary/aromatic N) is 1. The lowest BCUT2D eigenvalue weighted by molar-refractivity contribution is 0.136. The lowest BCUT2D eigenvalue weighted by Crippen LogP contribution is -2.27. The molecular formula is C26H43N. The van der Waals surface area contributed by atoms with Gasteiger partial charge in [-0.15, -0.1) is 0 Å². The van der Waals surface area contributed by atoms with E-state index in [1.54, 1.807) is 0 Å². The van der Waals surface area contributed by atoms with E-state index < -0.39 is 0 Å². The molecule has 2 aliphatic carbocycles. The molecule has 0 amide bonds. The minimum Gasteiger partial charge on any atom is -0.261 e. The van der Waals surface area contributed by atoms with Crippen LogP contribution in [0.15, 0.2) is 18.3 Å². The Labute approximate surface area is 168 Å². The number of rotatable bonds is 8. The van der Waals surface area contributed by atoms with Crippen LogP contribution in [0.25, 0.3) is 0 Å². The normalized spacial score (nSPS) is 30.2. The summed E-state index contributed by atoms with van der Waals surface area (Å²) < 4.78 is 0. The van der Waals surface area contributed by atoms with Crippen LogP contribution in [0.4, 0.5) is 0 Å². The zero-order valence-electron chi connectivity index (χ0n) is 18.3. The minimum absolute atomic E-state index is 0.631. The van der Waals surface area contributed by atoms with Crippen LogP contribution in [0.5, 0.6) is 0 Å². The maximum Gasteiger partial charge on any atom is 0.0434 e. The van der Waals surface area contributed by atoms with E-state index in [9.17, 15) is 0 Å². The van der Waals surface area contributed by atoms with Crippen LogP contribution >= 0.6 is 0 Å². The SMILES string of the molecule is CCCCC1CCC(C2CCC(C(C)c3ccc(CCC)cn3)CC2)CC1. The first-order valence-electron chi connectivity index (χ1n) is 12.2. The summed E-state index contributed by atoms with van der Waals surface area (Å²) in [7, 11) is 0. The van der Waals surface area contributed by atoms with E-state index in [0.29, 0.717) is 5.92 Å². The van der Waals surface area contributed by atoms with Crippen molar-refractivity contribution in [1.29, 1.82) is 0 Å². The fourth-order valence-corrected chi connectivity index (χ4v) is 5.94. The Morgan fingerprint density at radius 3 is 2.11 bits per heavy atom. The van der Waals surface area contributed by atoms with Gasteiger partial charge in [-0.25, -0.2) is 0 Å². The summed E-state index contributed by atoms with van der Waals surface area (Å²) in [5.74, 6) is 4.61. The Hall–Kier alpha value is -0.850. The maximum atomic E-state index is 4.81. The van der Waals surface area contributed by atoms with E-state index in [-0.39, 0.29) is 0 Å². The van der Waals surface area contributed by atoms with Gasteiger partial charge in [0.2, 0.25) is 0 Å². The summed E-state index contributed by atoms with van der Waals surface area (Å²) in [5.41, 5.74) is 2.72. The number of pyridine rings is 1. The Morgan fingerprint density at radius 1 is 0.889 bits per heavy atom. The fraction of sp³-hybridized carbons (Fsp3) is 0.808. The van der Waals surface area contributed by atoms with Crippen LogP contribution in [-0.4, -0.2) is 4.98 Å². The lowest BCUT2D eigenvalue weighted by atomic mass is 9.67. The highest BCUT2D eigenvalue weighted by Crippen LogP contribution is 2.44. The third-order valence-electron chi connectivity index (χ3n) is 7.90. The third-order valence-corrected chi connectivity index (χ3v) is 7.90. The van der Waals surface area contributed by atoms with Gasteiger partial charge in [-0.3, -0.25) is 4.98 Å². The molecule has 0 aliphatic heterocycles. The Kier molecular flexibility index (Phi) is 8.22. The summed E-state index contributed by atoms with van der Waals surface area (Å²) in [5, 5.41) is 0. The molecule has 2 aliphatic rings. The molecule has 1 heteroatoms. The van der Waals surface area contributed by atoms with E-state index in [1.807, 2.05) is 0 Å². The van der Waals surface area contributed by atoms with Crippen molar-refractivity contribution < 1.29 is 0 Å². The van der Waals surface area contributed by atoms with Crippen molar-refractivity contribution in [1.82, 2.24) is 4.98 Å². The van der Waals surface area contributed by atoms with Gasteiger partial charge in [-0.1, -0.05) is 65.4 Å². The molecule has 0 saturated heterocycles. The van der Waals surface area contributed by atoms with Gasteiger partial charge >= 0.3 is 0 Å². The summed E-state index contributed by atoms with van der Waals surface area (Å²) in [6, 6.07) is 4.62. The van der Waals surface area contributed by atoms with E-state index in [4.69, 9.17) is 4.98 Å². The predicted molar refractivity (Wildman–Crippen MR) is 117 cm³/mol. The van der Waals surface area contributed by atoms with Gasteiger partial charge in [0.15, 0.2) is 0 Å². The molecule has 1 aromatic heterocycles. The van der Waals surface area contributed by atoms with Gasteiger partial charge in [0.1, 0.15) is 0 Å². The Morgan fingerprint density at radius 2 is 1.56 bits per heavy atom. The molecule has 2 fully saturated rings. The monoisotopic (exact) mass is 369 g/mol. The number of unbranched alkanes of at least 4 members (excludes halogenated alkanes) is 1. The van der Waals surface area contributed by atoms with Crippen molar-refractivity contribution in [3.8, 4) is 0 Å². The Balaban J connectivity index is 1.43. The van der Waals surface area contributed by atoms with Crippen molar-refractivity contribution in [3.05, 3.63) is 29.6 Å². The zero-order valence-corrected chi connectivity index (χ0v) is 18.3. The maximum absolute atomic E-state index is 4.81. The van der Waals surface area contributed by atoms with Crippen LogP contribution in [0.2, 0.25) is 0 Å². The molecule has 0 radical (unpaired) electrons. The molecule has 3 rings (SSSR count). The van der Waals surface area contributed by atoms with Crippen LogP contribution in [-0.2, 0) is 6.42 Å². The molecule has 0 N–H and O–H groups in total. The smallest absolute Gasteiger partial charge is 0.0434 e. The first-order chi connectivity index (χ1) is 13.2. The number of aromatic nitrogens is 1. The topological polar surface area (TPSA) is 12.9 Å². The molecule has 152 valence electrons. The molecule has 0 aromatic carbocycles.